The highest BCUT2D eigenvalue weighted by Gasteiger charge is 2.45. The van der Waals surface area contributed by atoms with Gasteiger partial charge < -0.3 is 19.4 Å². The first kappa shape index (κ1) is 15.1. The number of carbonyl (C=O) groups excluding carboxylic acids is 1. The van der Waals surface area contributed by atoms with Crippen LogP contribution in [0.1, 0.15) is 16.1 Å². The molecule has 1 amide bonds. The normalized spacial score (nSPS) is 25.7. The van der Waals surface area contributed by atoms with Gasteiger partial charge in [0, 0.05) is 49.4 Å². The number of amides is 1. The number of rotatable bonds is 4. The molecule has 3 atom stereocenters. The van der Waals surface area contributed by atoms with Gasteiger partial charge in [-0.15, -0.1) is 0 Å². The minimum absolute atomic E-state index is 0.0476. The second kappa shape index (κ2) is 6.24. The number of furan rings is 1. The topological polar surface area (TPSA) is 80.5 Å². The highest BCUT2D eigenvalue weighted by molar-refractivity contribution is 5.93. The van der Waals surface area contributed by atoms with Crippen LogP contribution in [0.5, 0.6) is 0 Å². The van der Waals surface area contributed by atoms with Crippen LogP contribution in [-0.4, -0.2) is 53.1 Å². The smallest absolute Gasteiger partial charge is 0.289 e. The van der Waals surface area contributed by atoms with Crippen molar-refractivity contribution in [2.75, 3.05) is 31.6 Å². The lowest BCUT2D eigenvalue weighted by Crippen LogP contribution is -2.32. The number of aromatic nitrogens is 2. The highest BCUT2D eigenvalue weighted by Crippen LogP contribution is 2.34. The van der Waals surface area contributed by atoms with E-state index >= 15 is 0 Å². The molecule has 2 aliphatic heterocycles. The van der Waals surface area contributed by atoms with Crippen LogP contribution in [0.3, 0.4) is 0 Å². The number of ether oxygens (including phenoxy) is 1. The maximum atomic E-state index is 12.6. The van der Waals surface area contributed by atoms with Crippen molar-refractivity contribution in [3.63, 3.8) is 0 Å². The molecule has 126 valence electrons. The van der Waals surface area contributed by atoms with Crippen LogP contribution in [0.2, 0.25) is 0 Å². The Morgan fingerprint density at radius 2 is 2.21 bits per heavy atom. The van der Waals surface area contributed by atoms with Crippen molar-refractivity contribution in [1.29, 1.82) is 0 Å². The molecule has 0 aromatic carbocycles. The van der Waals surface area contributed by atoms with E-state index in [0.717, 1.165) is 12.1 Å². The molecular formula is C17H20N4O3. The largest absolute Gasteiger partial charge is 0.459 e. The van der Waals surface area contributed by atoms with Crippen molar-refractivity contribution in [2.24, 2.45) is 11.8 Å². The lowest BCUT2D eigenvalue weighted by Gasteiger charge is -2.19. The number of nitrogens with zero attached hydrogens (tertiary/aromatic N) is 3. The van der Waals surface area contributed by atoms with Crippen LogP contribution in [-0.2, 0) is 4.74 Å². The molecule has 2 fully saturated rings. The molecule has 2 aromatic heterocycles. The van der Waals surface area contributed by atoms with Crippen molar-refractivity contribution in [1.82, 2.24) is 14.9 Å². The minimum Gasteiger partial charge on any atom is -0.459 e. The fourth-order valence-electron chi connectivity index (χ4n) is 3.52. The Morgan fingerprint density at radius 3 is 2.96 bits per heavy atom. The fourth-order valence-corrected chi connectivity index (χ4v) is 3.52. The van der Waals surface area contributed by atoms with E-state index in [1.54, 1.807) is 24.7 Å². The SMILES string of the molecule is Cc1ccoc1C(=O)N1C[C@@H]2[C@@H](CNc3ncccn3)CO[C@@H]2C1. The predicted molar refractivity (Wildman–Crippen MR) is 86.6 cm³/mol. The molecule has 7 heteroatoms. The summed E-state index contributed by atoms with van der Waals surface area (Å²) in [6.45, 7) is 4.66. The number of hydrogen-bond acceptors (Lipinski definition) is 6. The van der Waals surface area contributed by atoms with Crippen LogP contribution in [0.25, 0.3) is 0 Å². The first-order valence-electron chi connectivity index (χ1n) is 8.18. The van der Waals surface area contributed by atoms with Crippen LogP contribution in [0.4, 0.5) is 5.95 Å². The van der Waals surface area contributed by atoms with Crippen molar-refractivity contribution >= 4 is 11.9 Å². The van der Waals surface area contributed by atoms with Crippen LogP contribution >= 0.6 is 0 Å². The Bertz CT molecular complexity index is 718. The summed E-state index contributed by atoms with van der Waals surface area (Å²) < 4.78 is 11.2. The summed E-state index contributed by atoms with van der Waals surface area (Å²) in [5, 5.41) is 3.26. The molecule has 1 N–H and O–H groups in total. The van der Waals surface area contributed by atoms with Crippen molar-refractivity contribution in [3.05, 3.63) is 42.1 Å². The molecule has 4 heterocycles. The van der Waals surface area contributed by atoms with Gasteiger partial charge in [-0.05, 0) is 19.1 Å². The summed E-state index contributed by atoms with van der Waals surface area (Å²) in [5.74, 6) is 1.68. The van der Waals surface area contributed by atoms with Gasteiger partial charge in [-0.25, -0.2) is 9.97 Å². The van der Waals surface area contributed by atoms with Gasteiger partial charge in [-0.3, -0.25) is 4.79 Å². The Hall–Kier alpha value is -2.41. The Balaban J connectivity index is 1.38. The third kappa shape index (κ3) is 2.75. The zero-order valence-electron chi connectivity index (χ0n) is 13.5. The minimum atomic E-state index is -0.0476. The van der Waals surface area contributed by atoms with Gasteiger partial charge in [0.2, 0.25) is 5.95 Å². The number of carbonyl (C=O) groups is 1. The third-order valence-electron chi connectivity index (χ3n) is 4.87. The summed E-state index contributed by atoms with van der Waals surface area (Å²) in [4.78, 5) is 22.8. The van der Waals surface area contributed by atoms with Crippen LogP contribution < -0.4 is 5.32 Å². The van der Waals surface area contributed by atoms with Gasteiger partial charge in [-0.1, -0.05) is 0 Å². The van der Waals surface area contributed by atoms with E-state index in [9.17, 15) is 4.79 Å². The van der Waals surface area contributed by atoms with E-state index in [1.807, 2.05) is 17.9 Å². The zero-order chi connectivity index (χ0) is 16.5. The van der Waals surface area contributed by atoms with E-state index < -0.39 is 0 Å². The first-order valence-corrected chi connectivity index (χ1v) is 8.18. The number of fused-ring (bicyclic) bond motifs is 1. The van der Waals surface area contributed by atoms with Gasteiger partial charge >= 0.3 is 0 Å². The second-order valence-corrected chi connectivity index (χ2v) is 6.39. The van der Waals surface area contributed by atoms with Crippen LogP contribution in [0, 0.1) is 18.8 Å². The van der Waals surface area contributed by atoms with Gasteiger partial charge in [-0.2, -0.15) is 0 Å². The van der Waals surface area contributed by atoms with Crippen molar-refractivity contribution < 1.29 is 13.9 Å². The maximum absolute atomic E-state index is 12.6. The molecule has 0 radical (unpaired) electrons. The molecule has 2 saturated heterocycles. The molecule has 0 saturated carbocycles. The summed E-state index contributed by atoms with van der Waals surface area (Å²) in [7, 11) is 0. The van der Waals surface area contributed by atoms with Gasteiger partial charge in [0.1, 0.15) is 0 Å². The Kier molecular flexibility index (Phi) is 3.93. The molecule has 2 aliphatic rings. The van der Waals surface area contributed by atoms with E-state index in [1.165, 1.54) is 0 Å². The molecule has 4 rings (SSSR count). The highest BCUT2D eigenvalue weighted by atomic mass is 16.5. The van der Waals surface area contributed by atoms with Crippen molar-refractivity contribution in [3.8, 4) is 0 Å². The van der Waals surface area contributed by atoms with Crippen LogP contribution in [0.15, 0.2) is 35.2 Å². The lowest BCUT2D eigenvalue weighted by atomic mass is 9.93. The van der Waals surface area contributed by atoms with Gasteiger partial charge in [0.15, 0.2) is 5.76 Å². The number of hydrogen-bond donors (Lipinski definition) is 1. The molecule has 7 nitrogen and oxygen atoms in total. The maximum Gasteiger partial charge on any atom is 0.289 e. The Labute approximate surface area is 140 Å². The molecular weight excluding hydrogens is 308 g/mol. The van der Waals surface area contributed by atoms with Crippen molar-refractivity contribution in [2.45, 2.75) is 13.0 Å². The average Bonchev–Trinajstić information content (AvgIpc) is 3.29. The molecule has 0 unspecified atom stereocenters. The quantitative estimate of drug-likeness (QED) is 0.918. The molecule has 0 spiro atoms. The average molecular weight is 328 g/mol. The second-order valence-electron chi connectivity index (χ2n) is 6.39. The summed E-state index contributed by atoms with van der Waals surface area (Å²) in [5.41, 5.74) is 0.873. The summed E-state index contributed by atoms with van der Waals surface area (Å²) in [6, 6.07) is 3.60. The third-order valence-corrected chi connectivity index (χ3v) is 4.87. The van der Waals surface area contributed by atoms with E-state index in [0.29, 0.717) is 43.2 Å². The predicted octanol–water partition coefficient (Wildman–Crippen LogP) is 1.58. The Morgan fingerprint density at radius 1 is 1.38 bits per heavy atom. The van der Waals surface area contributed by atoms with Gasteiger partial charge in [0.05, 0.1) is 19.0 Å². The summed E-state index contributed by atoms with van der Waals surface area (Å²) >= 11 is 0. The van der Waals surface area contributed by atoms with E-state index in [2.05, 4.69) is 15.3 Å². The molecule has 24 heavy (non-hydrogen) atoms. The van der Waals surface area contributed by atoms with E-state index in [4.69, 9.17) is 9.15 Å². The van der Waals surface area contributed by atoms with Gasteiger partial charge in [0.25, 0.3) is 5.91 Å². The number of likely N-dealkylation sites (tertiary alicyclic amines) is 1. The molecule has 0 bridgehead atoms. The number of nitrogens with one attached hydrogen (secondary N) is 1. The zero-order valence-corrected chi connectivity index (χ0v) is 13.5. The number of aryl methyl sites for hydroxylation is 1. The molecule has 0 aliphatic carbocycles. The standard InChI is InChI=1S/C17H20N4O3/c1-11-3-6-23-15(11)16(22)21-8-13-12(10-24-14(13)9-21)7-20-17-18-4-2-5-19-17/h2-6,12-14H,7-10H2,1H3,(H,18,19,20)/t12-,13+,14+/m0/s1. The lowest BCUT2D eigenvalue weighted by molar-refractivity contribution is 0.0653. The monoisotopic (exact) mass is 328 g/mol. The van der Waals surface area contributed by atoms with E-state index in [-0.39, 0.29) is 12.0 Å². The molecule has 2 aromatic rings. The first-order chi connectivity index (χ1) is 11.7. The summed E-state index contributed by atoms with van der Waals surface area (Å²) in [6.07, 6.45) is 5.09. The fraction of sp³-hybridized carbons (Fsp3) is 0.471. The number of anilines is 1.